The number of hydrogen-bond acceptors (Lipinski definition) is 4. The second-order valence-corrected chi connectivity index (χ2v) is 8.75. The molecule has 0 aliphatic heterocycles. The van der Waals surface area contributed by atoms with E-state index in [0.717, 1.165) is 24.1 Å². The molecule has 5 heteroatoms. The summed E-state index contributed by atoms with van der Waals surface area (Å²) in [4.78, 5) is 24.3. The fraction of sp³-hybridized carbons (Fsp3) is 0.259. The molecule has 1 amide bonds. The van der Waals surface area contributed by atoms with Crippen molar-refractivity contribution in [3.05, 3.63) is 89.5 Å². The third kappa shape index (κ3) is 6.98. The monoisotopic (exact) mass is 430 g/mol. The van der Waals surface area contributed by atoms with Gasteiger partial charge in [0.15, 0.2) is 0 Å². The van der Waals surface area contributed by atoms with Crippen LogP contribution in [-0.4, -0.2) is 17.5 Å². The maximum atomic E-state index is 12.9. The molecule has 0 saturated heterocycles. The number of carbonyl (C=O) groups is 2. The molecule has 0 unspecified atom stereocenters. The zero-order chi connectivity index (χ0) is 23.1. The van der Waals surface area contributed by atoms with Gasteiger partial charge in [0, 0.05) is 18.3 Å². The predicted molar refractivity (Wildman–Crippen MR) is 129 cm³/mol. The number of rotatable bonds is 7. The summed E-state index contributed by atoms with van der Waals surface area (Å²) < 4.78 is 5.61. The molecular weight excluding hydrogens is 400 g/mol. The third-order valence-corrected chi connectivity index (χ3v) is 4.71. The van der Waals surface area contributed by atoms with Crippen molar-refractivity contribution >= 4 is 28.9 Å². The summed E-state index contributed by atoms with van der Waals surface area (Å²) in [6, 6.07) is 23.5. The number of amides is 1. The van der Waals surface area contributed by atoms with Gasteiger partial charge in [0.25, 0.3) is 0 Å². The van der Waals surface area contributed by atoms with E-state index in [9.17, 15) is 9.59 Å². The summed E-state index contributed by atoms with van der Waals surface area (Å²) in [5, 5.41) is 6.12. The van der Waals surface area contributed by atoms with E-state index in [4.69, 9.17) is 4.74 Å². The highest BCUT2D eigenvalue weighted by Crippen LogP contribution is 2.27. The zero-order valence-corrected chi connectivity index (χ0v) is 19.1. The van der Waals surface area contributed by atoms with E-state index in [-0.39, 0.29) is 11.9 Å². The molecule has 3 rings (SSSR count). The van der Waals surface area contributed by atoms with Crippen LogP contribution < -0.4 is 10.6 Å². The summed E-state index contributed by atoms with van der Waals surface area (Å²) in [6.45, 7) is 7.02. The van der Waals surface area contributed by atoms with Gasteiger partial charge in [-0.1, -0.05) is 42.5 Å². The van der Waals surface area contributed by atoms with Gasteiger partial charge in [0.2, 0.25) is 5.91 Å². The summed E-state index contributed by atoms with van der Waals surface area (Å²) in [7, 11) is 0. The molecule has 0 aliphatic carbocycles. The zero-order valence-electron chi connectivity index (χ0n) is 19.1. The molecule has 0 aliphatic rings. The number of ether oxygens (including phenoxy) is 1. The molecule has 3 aromatic carbocycles. The molecule has 0 heterocycles. The van der Waals surface area contributed by atoms with Crippen molar-refractivity contribution in [2.45, 2.75) is 46.1 Å². The topological polar surface area (TPSA) is 67.4 Å². The number of hydrogen-bond donors (Lipinski definition) is 2. The van der Waals surface area contributed by atoms with Crippen LogP contribution in [-0.2, 0) is 22.4 Å². The van der Waals surface area contributed by atoms with Crippen LogP contribution in [0, 0.1) is 0 Å². The lowest BCUT2D eigenvalue weighted by Crippen LogP contribution is -2.24. The number of carbonyl (C=O) groups excluding carboxylic acids is 2. The Morgan fingerprint density at radius 3 is 2.19 bits per heavy atom. The minimum absolute atomic E-state index is 0.139. The smallest absolute Gasteiger partial charge is 0.340 e. The highest BCUT2D eigenvalue weighted by Gasteiger charge is 2.21. The largest absolute Gasteiger partial charge is 0.456 e. The molecular formula is C27H30N2O3. The van der Waals surface area contributed by atoms with Crippen molar-refractivity contribution in [1.82, 2.24) is 0 Å². The van der Waals surface area contributed by atoms with Crippen molar-refractivity contribution in [1.29, 1.82) is 0 Å². The van der Waals surface area contributed by atoms with Gasteiger partial charge < -0.3 is 15.4 Å². The molecule has 0 fully saturated rings. The second-order valence-electron chi connectivity index (χ2n) is 8.75. The van der Waals surface area contributed by atoms with Gasteiger partial charge in [-0.15, -0.1) is 0 Å². The van der Waals surface area contributed by atoms with Gasteiger partial charge in [-0.3, -0.25) is 4.79 Å². The second kappa shape index (κ2) is 10.1. The van der Waals surface area contributed by atoms with E-state index < -0.39 is 5.60 Å². The Kier molecular flexibility index (Phi) is 7.31. The predicted octanol–water partition coefficient (Wildman–Crippen LogP) is 6.13. The molecule has 0 aromatic heterocycles. The standard InChI is InChI=1S/C27H30N2O3/c1-19(30)28-22-11-8-12-23(18-22)29-25-17-21(14-13-20-9-6-5-7-10-20)15-16-24(25)26(31)32-27(2,3)4/h5-12,15-18,29H,13-14H2,1-4H3,(H,28,30). The summed E-state index contributed by atoms with van der Waals surface area (Å²) >= 11 is 0. The first kappa shape index (κ1) is 23.1. The number of esters is 1. The highest BCUT2D eigenvalue weighted by molar-refractivity contribution is 5.97. The fourth-order valence-electron chi connectivity index (χ4n) is 3.33. The van der Waals surface area contributed by atoms with E-state index >= 15 is 0 Å². The van der Waals surface area contributed by atoms with Crippen molar-refractivity contribution < 1.29 is 14.3 Å². The van der Waals surface area contributed by atoms with Gasteiger partial charge >= 0.3 is 5.97 Å². The molecule has 5 nitrogen and oxygen atoms in total. The Morgan fingerprint density at radius 1 is 0.812 bits per heavy atom. The molecule has 3 aromatic rings. The van der Waals surface area contributed by atoms with E-state index in [0.29, 0.717) is 16.9 Å². The molecule has 2 N–H and O–H groups in total. The summed E-state index contributed by atoms with van der Waals surface area (Å²) in [5.74, 6) is -0.521. The Bertz CT molecular complexity index is 1090. The Balaban J connectivity index is 1.88. The van der Waals surface area contributed by atoms with Gasteiger partial charge in [-0.2, -0.15) is 0 Å². The molecule has 0 spiro atoms. The van der Waals surface area contributed by atoms with E-state index in [1.807, 2.05) is 81.4 Å². The van der Waals surface area contributed by atoms with E-state index in [2.05, 4.69) is 22.8 Å². The first-order valence-corrected chi connectivity index (χ1v) is 10.7. The minimum Gasteiger partial charge on any atom is -0.456 e. The van der Waals surface area contributed by atoms with Gasteiger partial charge in [-0.25, -0.2) is 4.79 Å². The average molecular weight is 431 g/mol. The third-order valence-electron chi connectivity index (χ3n) is 4.71. The molecule has 0 radical (unpaired) electrons. The van der Waals surface area contributed by atoms with Gasteiger partial charge in [0.05, 0.1) is 11.3 Å². The SMILES string of the molecule is CC(=O)Nc1cccc(Nc2cc(CCc3ccccc3)ccc2C(=O)OC(C)(C)C)c1. The maximum absolute atomic E-state index is 12.9. The molecule has 166 valence electrons. The fourth-order valence-corrected chi connectivity index (χ4v) is 3.33. The minimum atomic E-state index is -0.592. The van der Waals surface area contributed by atoms with Crippen molar-refractivity contribution in [2.24, 2.45) is 0 Å². The number of benzene rings is 3. The Labute approximate surface area is 189 Å². The van der Waals surface area contributed by atoms with E-state index in [1.54, 1.807) is 0 Å². The van der Waals surface area contributed by atoms with Crippen LogP contribution in [0.2, 0.25) is 0 Å². The number of anilines is 3. The van der Waals surface area contributed by atoms with Gasteiger partial charge in [-0.05, 0) is 75.1 Å². The van der Waals surface area contributed by atoms with Crippen LogP contribution in [0.4, 0.5) is 17.1 Å². The Hall–Kier alpha value is -3.60. The number of nitrogens with one attached hydrogen (secondary N) is 2. The highest BCUT2D eigenvalue weighted by atomic mass is 16.6. The van der Waals surface area contributed by atoms with Gasteiger partial charge in [0.1, 0.15) is 5.60 Å². The molecule has 0 saturated carbocycles. The van der Waals surface area contributed by atoms with E-state index in [1.165, 1.54) is 12.5 Å². The maximum Gasteiger partial charge on any atom is 0.340 e. The van der Waals surface area contributed by atoms with Crippen molar-refractivity contribution in [3.8, 4) is 0 Å². The van der Waals surface area contributed by atoms with Crippen LogP contribution in [0.5, 0.6) is 0 Å². The normalized spacial score (nSPS) is 11.0. The Morgan fingerprint density at radius 2 is 1.50 bits per heavy atom. The van der Waals surface area contributed by atoms with Crippen LogP contribution in [0.25, 0.3) is 0 Å². The molecule has 0 bridgehead atoms. The summed E-state index contributed by atoms with van der Waals surface area (Å²) in [5.41, 5.74) is 4.37. The first-order valence-electron chi connectivity index (χ1n) is 10.7. The summed E-state index contributed by atoms with van der Waals surface area (Å²) in [6.07, 6.45) is 1.75. The molecule has 32 heavy (non-hydrogen) atoms. The van der Waals surface area contributed by atoms with Crippen LogP contribution in [0.3, 0.4) is 0 Å². The number of aryl methyl sites for hydroxylation is 2. The lowest BCUT2D eigenvalue weighted by molar-refractivity contribution is -0.114. The van der Waals surface area contributed by atoms with Crippen molar-refractivity contribution in [2.75, 3.05) is 10.6 Å². The molecule has 0 atom stereocenters. The van der Waals surface area contributed by atoms with Crippen molar-refractivity contribution in [3.63, 3.8) is 0 Å². The first-order chi connectivity index (χ1) is 15.2. The lowest BCUT2D eigenvalue weighted by Gasteiger charge is -2.21. The lowest BCUT2D eigenvalue weighted by atomic mass is 10.0. The van der Waals surface area contributed by atoms with Crippen LogP contribution in [0.15, 0.2) is 72.8 Å². The van der Waals surface area contributed by atoms with Crippen LogP contribution >= 0.6 is 0 Å². The van der Waals surface area contributed by atoms with Crippen LogP contribution in [0.1, 0.15) is 49.2 Å². The average Bonchev–Trinajstić information content (AvgIpc) is 2.71. The quantitative estimate of drug-likeness (QED) is 0.443.